The first-order valence-electron chi connectivity index (χ1n) is 9.61. The number of hydrogen-bond acceptors (Lipinski definition) is 7. The van der Waals surface area contributed by atoms with Crippen molar-refractivity contribution in [3.63, 3.8) is 0 Å². The number of nitrogens with zero attached hydrogens (tertiary/aromatic N) is 4. The van der Waals surface area contributed by atoms with Crippen molar-refractivity contribution in [1.82, 2.24) is 20.0 Å². The largest absolute Gasteiger partial charge is 0.410 e. The van der Waals surface area contributed by atoms with E-state index in [2.05, 4.69) is 23.2 Å². The molecule has 2 aromatic rings. The number of rotatable bonds is 4. The maximum atomic E-state index is 12.4. The van der Waals surface area contributed by atoms with Gasteiger partial charge < -0.3 is 14.2 Å². The van der Waals surface area contributed by atoms with Gasteiger partial charge in [-0.05, 0) is 36.8 Å². The molecule has 4 rings (SSSR count). The number of piperazine rings is 1. The minimum absolute atomic E-state index is 0.0357. The van der Waals surface area contributed by atoms with Crippen molar-refractivity contribution in [2.24, 2.45) is 5.92 Å². The normalized spacial score (nSPS) is 19.6. The van der Waals surface area contributed by atoms with Gasteiger partial charge in [-0.2, -0.15) is 0 Å². The standard InChI is InChI=1S/C19H24N4O3S2/c1-12-3-4-15-14(9-12)10-16(28-15)18-20-21-19(26-18)27-11-17(25)23-7-5-22(6-8-23)13(2)24/h10,12H,3-9,11H2,1-2H3/t12-/m1/s1. The summed E-state index contributed by atoms with van der Waals surface area (Å²) in [5.74, 6) is 1.63. The number of carbonyl (C=O) groups excluding carboxylic acids is 2. The molecule has 0 unspecified atom stereocenters. The summed E-state index contributed by atoms with van der Waals surface area (Å²) in [5, 5.41) is 8.69. The third-order valence-corrected chi connectivity index (χ3v) is 7.37. The number of amides is 2. The molecule has 0 N–H and O–H groups in total. The molecule has 1 atom stereocenters. The van der Waals surface area contributed by atoms with Crippen molar-refractivity contribution in [2.45, 2.75) is 38.3 Å². The van der Waals surface area contributed by atoms with Gasteiger partial charge in [0.25, 0.3) is 11.1 Å². The number of aryl methyl sites for hydroxylation is 1. The molecule has 0 radical (unpaired) electrons. The Hall–Kier alpha value is -1.87. The Morgan fingerprint density at radius 3 is 2.75 bits per heavy atom. The molecule has 0 aromatic carbocycles. The first-order chi connectivity index (χ1) is 13.5. The zero-order valence-corrected chi connectivity index (χ0v) is 17.8. The molecule has 0 spiro atoms. The maximum absolute atomic E-state index is 12.4. The molecular formula is C19H24N4O3S2. The second-order valence-corrected chi connectivity index (χ2v) is 9.52. The summed E-state index contributed by atoms with van der Waals surface area (Å²) in [6, 6.07) is 2.18. The van der Waals surface area contributed by atoms with E-state index in [9.17, 15) is 9.59 Å². The van der Waals surface area contributed by atoms with Gasteiger partial charge >= 0.3 is 0 Å². The van der Waals surface area contributed by atoms with E-state index in [0.717, 1.165) is 23.6 Å². The summed E-state index contributed by atoms with van der Waals surface area (Å²) in [6.07, 6.45) is 3.48. The van der Waals surface area contributed by atoms with Crippen molar-refractivity contribution in [3.8, 4) is 10.8 Å². The fourth-order valence-corrected chi connectivity index (χ4v) is 5.46. The summed E-state index contributed by atoms with van der Waals surface area (Å²) in [6.45, 7) is 6.19. The van der Waals surface area contributed by atoms with Crippen LogP contribution in [-0.4, -0.2) is 63.7 Å². The number of hydrogen-bond donors (Lipinski definition) is 0. The number of thioether (sulfide) groups is 1. The van der Waals surface area contributed by atoms with Crippen molar-refractivity contribution < 1.29 is 14.0 Å². The second kappa shape index (κ2) is 8.24. The Morgan fingerprint density at radius 1 is 1.25 bits per heavy atom. The van der Waals surface area contributed by atoms with E-state index in [0.29, 0.717) is 37.3 Å². The molecule has 0 saturated carbocycles. The lowest BCUT2D eigenvalue weighted by molar-refractivity contribution is -0.136. The Balaban J connectivity index is 1.32. The van der Waals surface area contributed by atoms with Gasteiger partial charge in [0.2, 0.25) is 11.8 Å². The summed E-state index contributed by atoms with van der Waals surface area (Å²) >= 11 is 3.01. The van der Waals surface area contributed by atoms with Gasteiger partial charge in [0.1, 0.15) is 0 Å². The van der Waals surface area contributed by atoms with E-state index >= 15 is 0 Å². The van der Waals surface area contributed by atoms with E-state index in [1.54, 1.807) is 28.1 Å². The average molecular weight is 421 g/mol. The lowest BCUT2D eigenvalue weighted by atomic mass is 9.90. The second-order valence-electron chi connectivity index (χ2n) is 7.46. The Labute approximate surface area is 172 Å². The van der Waals surface area contributed by atoms with Crippen LogP contribution < -0.4 is 0 Å². The van der Waals surface area contributed by atoms with Crippen molar-refractivity contribution in [3.05, 3.63) is 16.5 Å². The van der Waals surface area contributed by atoms with Crippen LogP contribution in [0.25, 0.3) is 10.8 Å². The molecule has 2 aromatic heterocycles. The van der Waals surface area contributed by atoms with Crippen LogP contribution in [0.3, 0.4) is 0 Å². The molecule has 150 valence electrons. The molecule has 9 heteroatoms. The quantitative estimate of drug-likeness (QED) is 0.708. The van der Waals surface area contributed by atoms with Gasteiger partial charge in [-0.3, -0.25) is 9.59 Å². The molecule has 1 saturated heterocycles. The Bertz CT molecular complexity index is 870. The minimum Gasteiger partial charge on any atom is -0.410 e. The highest BCUT2D eigenvalue weighted by molar-refractivity contribution is 7.99. The highest BCUT2D eigenvalue weighted by Gasteiger charge is 2.24. The summed E-state index contributed by atoms with van der Waals surface area (Å²) < 4.78 is 5.79. The monoisotopic (exact) mass is 420 g/mol. The van der Waals surface area contributed by atoms with Crippen LogP contribution in [-0.2, 0) is 22.4 Å². The predicted octanol–water partition coefficient (Wildman–Crippen LogP) is 2.71. The maximum Gasteiger partial charge on any atom is 0.277 e. The average Bonchev–Trinajstić information content (AvgIpc) is 3.32. The van der Waals surface area contributed by atoms with Crippen molar-refractivity contribution >= 4 is 34.9 Å². The van der Waals surface area contributed by atoms with Crippen LogP contribution in [0.4, 0.5) is 0 Å². The van der Waals surface area contributed by atoms with Crippen molar-refractivity contribution in [2.75, 3.05) is 31.9 Å². The van der Waals surface area contributed by atoms with Crippen LogP contribution in [0, 0.1) is 5.92 Å². The van der Waals surface area contributed by atoms with Gasteiger partial charge in [0, 0.05) is 38.0 Å². The predicted molar refractivity (Wildman–Crippen MR) is 108 cm³/mol. The van der Waals surface area contributed by atoms with Crippen LogP contribution in [0.2, 0.25) is 0 Å². The van der Waals surface area contributed by atoms with Crippen LogP contribution >= 0.6 is 23.1 Å². The van der Waals surface area contributed by atoms with Gasteiger partial charge in [0.05, 0.1) is 10.6 Å². The van der Waals surface area contributed by atoms with Gasteiger partial charge in [0.15, 0.2) is 0 Å². The number of carbonyl (C=O) groups is 2. The van der Waals surface area contributed by atoms with E-state index in [-0.39, 0.29) is 17.6 Å². The number of aromatic nitrogens is 2. The summed E-state index contributed by atoms with van der Waals surface area (Å²) in [7, 11) is 0. The first-order valence-corrected chi connectivity index (χ1v) is 11.4. The number of thiophene rings is 1. The molecule has 2 aliphatic rings. The van der Waals surface area contributed by atoms with Gasteiger partial charge in [-0.25, -0.2) is 0 Å². The van der Waals surface area contributed by atoms with Gasteiger partial charge in [-0.15, -0.1) is 21.5 Å². The lowest BCUT2D eigenvalue weighted by Gasteiger charge is -2.34. The SMILES string of the molecule is CC(=O)N1CCN(C(=O)CSc2nnc(-c3cc4c(s3)CC[C@@H](C)C4)o2)CC1. The summed E-state index contributed by atoms with van der Waals surface area (Å²) in [4.78, 5) is 29.8. The molecule has 2 amide bonds. The van der Waals surface area contributed by atoms with E-state index in [1.807, 2.05) is 0 Å². The fourth-order valence-electron chi connectivity index (χ4n) is 3.66. The van der Waals surface area contributed by atoms with Crippen LogP contribution in [0.5, 0.6) is 0 Å². The molecule has 0 bridgehead atoms. The highest BCUT2D eigenvalue weighted by atomic mass is 32.2. The fraction of sp³-hybridized carbons (Fsp3) is 0.579. The minimum atomic E-state index is 0.0357. The molecule has 1 aliphatic carbocycles. The van der Waals surface area contributed by atoms with E-state index in [4.69, 9.17) is 4.42 Å². The van der Waals surface area contributed by atoms with Gasteiger partial charge in [-0.1, -0.05) is 18.7 Å². The number of fused-ring (bicyclic) bond motifs is 1. The third kappa shape index (κ3) is 4.25. The molecule has 7 nitrogen and oxygen atoms in total. The molecule has 28 heavy (non-hydrogen) atoms. The smallest absolute Gasteiger partial charge is 0.277 e. The van der Waals surface area contributed by atoms with E-state index in [1.165, 1.54) is 28.6 Å². The zero-order chi connectivity index (χ0) is 19.7. The Kier molecular flexibility index (Phi) is 5.73. The first kappa shape index (κ1) is 19.4. The highest BCUT2D eigenvalue weighted by Crippen LogP contribution is 2.37. The third-order valence-electron chi connectivity index (χ3n) is 5.34. The van der Waals surface area contributed by atoms with E-state index < -0.39 is 0 Å². The van der Waals surface area contributed by atoms with Crippen LogP contribution in [0.1, 0.15) is 30.7 Å². The van der Waals surface area contributed by atoms with Crippen LogP contribution in [0.15, 0.2) is 15.7 Å². The lowest BCUT2D eigenvalue weighted by Crippen LogP contribution is -2.50. The molecule has 1 fully saturated rings. The molecule has 3 heterocycles. The zero-order valence-electron chi connectivity index (χ0n) is 16.1. The molecular weight excluding hydrogens is 396 g/mol. The van der Waals surface area contributed by atoms with Crippen molar-refractivity contribution in [1.29, 1.82) is 0 Å². The topological polar surface area (TPSA) is 79.5 Å². The summed E-state index contributed by atoms with van der Waals surface area (Å²) in [5.41, 5.74) is 1.41. The Morgan fingerprint density at radius 2 is 2.00 bits per heavy atom. The molecule has 1 aliphatic heterocycles.